The highest BCUT2D eigenvalue weighted by Crippen LogP contribution is 2.44. The molecule has 1 saturated heterocycles. The summed E-state index contributed by atoms with van der Waals surface area (Å²) in [6, 6.07) is 5.93. The number of alkyl halides is 3. The predicted octanol–water partition coefficient (Wildman–Crippen LogP) is 3.51. The van der Waals surface area contributed by atoms with Gasteiger partial charge in [0.15, 0.2) is 5.78 Å². The van der Waals surface area contributed by atoms with Crippen molar-refractivity contribution in [3.05, 3.63) is 57.2 Å². The first-order chi connectivity index (χ1) is 12.1. The predicted molar refractivity (Wildman–Crippen MR) is 89.0 cm³/mol. The number of benzene rings is 1. The van der Waals surface area contributed by atoms with Crippen LogP contribution < -0.4 is 10.6 Å². The van der Waals surface area contributed by atoms with E-state index in [0.717, 1.165) is 11.3 Å². The number of halogens is 4. The standard InChI is InChI=1S/C16H12ClF3N2O3S/c17-9-4-1-3-8(7-9)12-11(13(23)10-5-2-6-26-10)15(25,16(18,19)20)22-14(24)21-12/h1-7,11-12,25H,(H2,21,22,24)/t11-,12+,15+/m0/s1. The number of thiophene rings is 1. The summed E-state index contributed by atoms with van der Waals surface area (Å²) in [5.41, 5.74) is -3.56. The molecule has 5 nitrogen and oxygen atoms in total. The third-order valence-electron chi connectivity index (χ3n) is 4.06. The minimum absolute atomic E-state index is 0.0302. The molecule has 2 amide bonds. The molecule has 0 bridgehead atoms. The van der Waals surface area contributed by atoms with Crippen LogP contribution in [0.1, 0.15) is 21.3 Å². The van der Waals surface area contributed by atoms with Crippen molar-refractivity contribution in [3.63, 3.8) is 0 Å². The monoisotopic (exact) mass is 404 g/mol. The number of nitrogens with one attached hydrogen (secondary N) is 2. The Balaban J connectivity index is 2.16. The van der Waals surface area contributed by atoms with E-state index in [1.54, 1.807) is 0 Å². The molecule has 1 fully saturated rings. The normalized spacial score (nSPS) is 26.1. The molecule has 0 spiro atoms. The lowest BCUT2D eigenvalue weighted by Gasteiger charge is -2.44. The summed E-state index contributed by atoms with van der Waals surface area (Å²) < 4.78 is 41.0. The second-order valence-electron chi connectivity index (χ2n) is 5.71. The van der Waals surface area contributed by atoms with E-state index in [9.17, 15) is 27.9 Å². The Bertz CT molecular complexity index is 844. The lowest BCUT2D eigenvalue weighted by Crippen LogP contribution is -2.72. The van der Waals surface area contributed by atoms with Crippen LogP contribution in [-0.2, 0) is 0 Å². The van der Waals surface area contributed by atoms with Crippen LogP contribution in [0.15, 0.2) is 41.8 Å². The lowest BCUT2D eigenvalue weighted by molar-refractivity contribution is -0.287. The minimum Gasteiger partial charge on any atom is -0.363 e. The summed E-state index contributed by atoms with van der Waals surface area (Å²) in [5, 5.41) is 15.9. The van der Waals surface area contributed by atoms with Crippen molar-refractivity contribution in [1.29, 1.82) is 0 Å². The van der Waals surface area contributed by atoms with Crippen LogP contribution >= 0.6 is 22.9 Å². The molecule has 0 unspecified atom stereocenters. The molecule has 3 N–H and O–H groups in total. The molecule has 1 aromatic heterocycles. The molecule has 0 saturated carbocycles. The van der Waals surface area contributed by atoms with Gasteiger partial charge in [-0.05, 0) is 29.1 Å². The third-order valence-corrected chi connectivity index (χ3v) is 5.18. The average Bonchev–Trinajstić information content (AvgIpc) is 3.07. The van der Waals surface area contributed by atoms with Crippen LogP contribution in [0.3, 0.4) is 0 Å². The van der Waals surface area contributed by atoms with E-state index < -0.39 is 35.7 Å². The Labute approximate surface area is 154 Å². The maximum atomic E-state index is 13.7. The number of amides is 2. The number of carbonyl (C=O) groups excluding carboxylic acids is 2. The van der Waals surface area contributed by atoms with Crippen LogP contribution in [-0.4, -0.2) is 28.8 Å². The number of urea groups is 1. The van der Waals surface area contributed by atoms with Crippen molar-refractivity contribution >= 4 is 34.8 Å². The number of ketones is 1. The van der Waals surface area contributed by atoms with E-state index in [-0.39, 0.29) is 15.5 Å². The largest absolute Gasteiger partial charge is 0.437 e. The Morgan fingerprint density at radius 2 is 2.00 bits per heavy atom. The van der Waals surface area contributed by atoms with Crippen LogP contribution in [0.5, 0.6) is 0 Å². The van der Waals surface area contributed by atoms with E-state index in [1.807, 2.05) is 0 Å². The maximum Gasteiger partial charge on any atom is 0.437 e. The number of rotatable bonds is 3. The topological polar surface area (TPSA) is 78.4 Å². The molecule has 2 heterocycles. The maximum absolute atomic E-state index is 13.7. The zero-order chi connectivity index (χ0) is 19.1. The highest BCUT2D eigenvalue weighted by atomic mass is 35.5. The number of aliphatic hydroxyl groups is 1. The third kappa shape index (κ3) is 3.17. The second-order valence-corrected chi connectivity index (χ2v) is 7.10. The Hall–Kier alpha value is -2.10. The van der Waals surface area contributed by atoms with Gasteiger partial charge in [0.2, 0.25) is 5.72 Å². The first-order valence-electron chi connectivity index (χ1n) is 7.34. The van der Waals surface area contributed by atoms with Gasteiger partial charge >= 0.3 is 12.2 Å². The van der Waals surface area contributed by atoms with E-state index in [0.29, 0.717) is 0 Å². The lowest BCUT2D eigenvalue weighted by atomic mass is 9.78. The number of hydrogen-bond acceptors (Lipinski definition) is 4. The van der Waals surface area contributed by atoms with E-state index in [2.05, 4.69) is 5.32 Å². The summed E-state index contributed by atoms with van der Waals surface area (Å²) in [4.78, 5) is 24.7. The summed E-state index contributed by atoms with van der Waals surface area (Å²) in [6.45, 7) is 0. The van der Waals surface area contributed by atoms with Crippen LogP contribution in [0, 0.1) is 5.92 Å². The Morgan fingerprint density at radius 3 is 2.58 bits per heavy atom. The van der Waals surface area contributed by atoms with Crippen molar-refractivity contribution in [2.75, 3.05) is 0 Å². The summed E-state index contributed by atoms with van der Waals surface area (Å²) in [5.74, 6) is -2.99. The summed E-state index contributed by atoms with van der Waals surface area (Å²) in [7, 11) is 0. The van der Waals surface area contributed by atoms with Crippen LogP contribution in [0.2, 0.25) is 5.02 Å². The van der Waals surface area contributed by atoms with Gasteiger partial charge in [0, 0.05) is 5.02 Å². The van der Waals surface area contributed by atoms with Crippen molar-refractivity contribution in [3.8, 4) is 0 Å². The molecule has 3 atom stereocenters. The first kappa shape index (κ1) is 18.7. The fraction of sp³-hybridized carbons (Fsp3) is 0.250. The highest BCUT2D eigenvalue weighted by molar-refractivity contribution is 7.12. The molecule has 2 aromatic rings. The SMILES string of the molecule is O=C1N[C@H](c2cccc(Cl)c2)[C@@H](C(=O)c2cccs2)[C@@](O)(C(F)(F)F)N1. The van der Waals surface area contributed by atoms with Gasteiger partial charge in [-0.1, -0.05) is 29.8 Å². The van der Waals surface area contributed by atoms with Gasteiger partial charge in [0.1, 0.15) is 5.92 Å². The summed E-state index contributed by atoms with van der Waals surface area (Å²) >= 11 is 6.84. The van der Waals surface area contributed by atoms with Gasteiger partial charge in [0.05, 0.1) is 10.9 Å². The van der Waals surface area contributed by atoms with E-state index in [4.69, 9.17) is 11.6 Å². The van der Waals surface area contributed by atoms with Crippen molar-refractivity contribution in [1.82, 2.24) is 10.6 Å². The quantitative estimate of drug-likeness (QED) is 0.685. The van der Waals surface area contributed by atoms with Crippen molar-refractivity contribution in [2.24, 2.45) is 5.92 Å². The second kappa shape index (κ2) is 6.57. The Morgan fingerprint density at radius 1 is 1.27 bits per heavy atom. The molecule has 0 aliphatic carbocycles. The zero-order valence-corrected chi connectivity index (χ0v) is 14.5. The van der Waals surface area contributed by atoms with Gasteiger partial charge in [-0.2, -0.15) is 13.2 Å². The average molecular weight is 405 g/mol. The van der Waals surface area contributed by atoms with Gasteiger partial charge in [-0.25, -0.2) is 4.79 Å². The van der Waals surface area contributed by atoms with Crippen molar-refractivity contribution in [2.45, 2.75) is 17.9 Å². The number of Topliss-reactive ketones (excluding diaryl/α,β-unsaturated/α-hetero) is 1. The highest BCUT2D eigenvalue weighted by Gasteiger charge is 2.66. The molecule has 3 rings (SSSR count). The van der Waals surface area contributed by atoms with Crippen LogP contribution in [0.4, 0.5) is 18.0 Å². The fourth-order valence-corrected chi connectivity index (χ4v) is 3.79. The molecule has 0 radical (unpaired) electrons. The Kier molecular flexibility index (Phi) is 4.72. The van der Waals surface area contributed by atoms with Crippen molar-refractivity contribution < 1.29 is 27.9 Å². The molecule has 1 aliphatic heterocycles. The molecule has 138 valence electrons. The molecular formula is C16H12ClF3N2O3S. The molecule has 10 heteroatoms. The van der Waals surface area contributed by atoms with E-state index >= 15 is 0 Å². The zero-order valence-electron chi connectivity index (χ0n) is 12.9. The molecule has 26 heavy (non-hydrogen) atoms. The smallest absolute Gasteiger partial charge is 0.363 e. The molecular weight excluding hydrogens is 393 g/mol. The first-order valence-corrected chi connectivity index (χ1v) is 8.60. The number of carbonyl (C=O) groups is 2. The van der Waals surface area contributed by atoms with E-state index in [1.165, 1.54) is 47.1 Å². The number of hydrogen-bond donors (Lipinski definition) is 3. The summed E-state index contributed by atoms with van der Waals surface area (Å²) in [6.07, 6.45) is -5.28. The fourth-order valence-electron chi connectivity index (χ4n) is 2.89. The van der Waals surface area contributed by atoms with Gasteiger partial charge in [0.25, 0.3) is 0 Å². The minimum atomic E-state index is -5.28. The van der Waals surface area contributed by atoms with Gasteiger partial charge < -0.3 is 15.7 Å². The molecule has 1 aromatic carbocycles. The van der Waals surface area contributed by atoms with Gasteiger partial charge in [-0.15, -0.1) is 11.3 Å². The molecule has 1 aliphatic rings. The van der Waals surface area contributed by atoms with Crippen LogP contribution in [0.25, 0.3) is 0 Å². The van der Waals surface area contributed by atoms with Gasteiger partial charge in [-0.3, -0.25) is 4.79 Å².